The first-order valence-electron chi connectivity index (χ1n) is 5.99. The molecule has 0 bridgehead atoms. The molecule has 2 aromatic rings. The molecule has 0 fully saturated rings. The van der Waals surface area contributed by atoms with Gasteiger partial charge in [0, 0.05) is 5.39 Å². The lowest BCUT2D eigenvalue weighted by atomic mass is 10.2. The molecule has 2 N–H and O–H groups in total. The molecule has 100 valence electrons. The lowest BCUT2D eigenvalue weighted by Gasteiger charge is -2.13. The van der Waals surface area contributed by atoms with Crippen LogP contribution in [0.25, 0.3) is 10.9 Å². The fraction of sp³-hybridized carbons (Fsp3) is 0.286. The highest BCUT2D eigenvalue weighted by molar-refractivity contribution is 8.00. The maximum Gasteiger partial charge on any atom is 0.317 e. The highest BCUT2D eigenvalue weighted by Gasteiger charge is 2.21. The number of aliphatic hydroxyl groups excluding tert-OH is 1. The Hall–Kier alpha value is -1.59. The van der Waals surface area contributed by atoms with Crippen molar-refractivity contribution in [2.45, 2.75) is 29.7 Å². The molecule has 1 heterocycles. The van der Waals surface area contributed by atoms with E-state index in [1.54, 1.807) is 6.92 Å². The van der Waals surface area contributed by atoms with Gasteiger partial charge in [-0.15, -0.1) is 0 Å². The van der Waals surface area contributed by atoms with Gasteiger partial charge in [-0.25, -0.2) is 4.98 Å². The standard InChI is InChI=1S/C14H15NO3S/c1-9(16)8-12(14(17)18)19-13-7-6-10-4-2-3-5-11(10)15-13/h2-7,9,12,16H,8H2,1H3,(H,17,18)/t9-,12+/m0/s1. The van der Waals surface area contributed by atoms with E-state index >= 15 is 0 Å². The van der Waals surface area contributed by atoms with Gasteiger partial charge in [-0.2, -0.15) is 0 Å². The molecule has 1 aromatic heterocycles. The summed E-state index contributed by atoms with van der Waals surface area (Å²) in [6.07, 6.45) is -0.442. The maximum atomic E-state index is 11.1. The molecule has 5 heteroatoms. The van der Waals surface area contributed by atoms with Crippen molar-refractivity contribution in [1.29, 1.82) is 0 Å². The molecule has 4 nitrogen and oxygen atoms in total. The predicted molar refractivity (Wildman–Crippen MR) is 75.3 cm³/mol. The molecule has 0 radical (unpaired) electrons. The van der Waals surface area contributed by atoms with Crippen LogP contribution < -0.4 is 0 Å². The van der Waals surface area contributed by atoms with Gasteiger partial charge in [-0.1, -0.05) is 36.0 Å². The number of pyridine rings is 1. The molecular weight excluding hydrogens is 262 g/mol. The van der Waals surface area contributed by atoms with Crippen LogP contribution >= 0.6 is 11.8 Å². The SMILES string of the molecule is C[C@H](O)C[C@@H](Sc1ccc2ccccc2n1)C(=O)O. The Balaban J connectivity index is 2.21. The summed E-state index contributed by atoms with van der Waals surface area (Å²) in [5, 5.41) is 19.5. The van der Waals surface area contributed by atoms with Crippen molar-refractivity contribution in [2.24, 2.45) is 0 Å². The van der Waals surface area contributed by atoms with Crippen LogP contribution in [0, 0.1) is 0 Å². The summed E-state index contributed by atoms with van der Waals surface area (Å²) in [5.41, 5.74) is 0.841. The molecule has 2 atom stereocenters. The van der Waals surface area contributed by atoms with E-state index in [1.165, 1.54) is 11.8 Å². The zero-order chi connectivity index (χ0) is 13.8. The molecule has 0 unspecified atom stereocenters. The molecule has 2 rings (SSSR count). The summed E-state index contributed by atoms with van der Waals surface area (Å²) < 4.78 is 0. The second kappa shape index (κ2) is 6.04. The van der Waals surface area contributed by atoms with Crippen LogP contribution in [0.3, 0.4) is 0 Å². The molecule has 19 heavy (non-hydrogen) atoms. The number of hydrogen-bond acceptors (Lipinski definition) is 4. The fourth-order valence-corrected chi connectivity index (χ4v) is 2.83. The summed E-state index contributed by atoms with van der Waals surface area (Å²) in [5.74, 6) is -0.930. The number of carboxylic acids is 1. The molecule has 0 amide bonds. The first-order chi connectivity index (χ1) is 9.06. The number of para-hydroxylation sites is 1. The number of carbonyl (C=O) groups is 1. The zero-order valence-corrected chi connectivity index (χ0v) is 11.3. The number of aliphatic carboxylic acids is 1. The number of rotatable bonds is 5. The van der Waals surface area contributed by atoms with E-state index in [-0.39, 0.29) is 6.42 Å². The van der Waals surface area contributed by atoms with Crippen molar-refractivity contribution < 1.29 is 15.0 Å². The predicted octanol–water partition coefficient (Wildman–Crippen LogP) is 2.55. The molecule has 0 spiro atoms. The van der Waals surface area contributed by atoms with E-state index in [2.05, 4.69) is 4.98 Å². The van der Waals surface area contributed by atoms with Crippen molar-refractivity contribution in [3.63, 3.8) is 0 Å². The van der Waals surface area contributed by atoms with E-state index in [0.717, 1.165) is 10.9 Å². The van der Waals surface area contributed by atoms with Crippen LogP contribution in [0.1, 0.15) is 13.3 Å². The molecule has 0 aliphatic carbocycles. The Kier molecular flexibility index (Phi) is 4.39. The molecule has 0 aliphatic heterocycles. The smallest absolute Gasteiger partial charge is 0.317 e. The van der Waals surface area contributed by atoms with Gasteiger partial charge >= 0.3 is 5.97 Å². The van der Waals surface area contributed by atoms with Crippen LogP contribution in [0.2, 0.25) is 0 Å². The second-order valence-corrected chi connectivity index (χ2v) is 5.59. The maximum absolute atomic E-state index is 11.1. The molecular formula is C14H15NO3S. The van der Waals surface area contributed by atoms with Gasteiger partial charge in [0.25, 0.3) is 0 Å². The third kappa shape index (κ3) is 3.68. The lowest BCUT2D eigenvalue weighted by molar-refractivity contribution is -0.136. The quantitative estimate of drug-likeness (QED) is 0.822. The Labute approximate surface area is 115 Å². The van der Waals surface area contributed by atoms with E-state index in [9.17, 15) is 9.90 Å². The number of fused-ring (bicyclic) bond motifs is 1. The van der Waals surface area contributed by atoms with Crippen LogP contribution in [-0.4, -0.2) is 32.5 Å². The summed E-state index contributed by atoms with van der Waals surface area (Å²) >= 11 is 1.17. The van der Waals surface area contributed by atoms with Gasteiger partial charge in [-0.05, 0) is 25.5 Å². The van der Waals surface area contributed by atoms with Gasteiger partial charge in [0.05, 0.1) is 16.6 Å². The second-order valence-electron chi connectivity index (χ2n) is 4.37. The summed E-state index contributed by atoms with van der Waals surface area (Å²) in [4.78, 5) is 15.6. The molecule has 0 saturated heterocycles. The average Bonchev–Trinajstić information content (AvgIpc) is 2.37. The number of carboxylic acid groups (broad SMARTS) is 1. The highest BCUT2D eigenvalue weighted by atomic mass is 32.2. The molecule has 1 aromatic carbocycles. The topological polar surface area (TPSA) is 70.4 Å². The number of nitrogens with zero attached hydrogens (tertiary/aromatic N) is 1. The largest absolute Gasteiger partial charge is 0.480 e. The summed E-state index contributed by atoms with van der Waals surface area (Å²) in [7, 11) is 0. The minimum Gasteiger partial charge on any atom is -0.480 e. The van der Waals surface area contributed by atoms with E-state index in [1.807, 2.05) is 36.4 Å². The van der Waals surface area contributed by atoms with Crippen molar-refractivity contribution in [3.8, 4) is 0 Å². The van der Waals surface area contributed by atoms with Crippen molar-refractivity contribution >= 4 is 28.6 Å². The zero-order valence-electron chi connectivity index (χ0n) is 10.5. The van der Waals surface area contributed by atoms with Crippen LogP contribution in [0.15, 0.2) is 41.4 Å². The Bertz CT molecular complexity index is 586. The number of aromatic nitrogens is 1. The highest BCUT2D eigenvalue weighted by Crippen LogP contribution is 2.26. The summed E-state index contributed by atoms with van der Waals surface area (Å²) in [6, 6.07) is 11.4. The number of benzene rings is 1. The van der Waals surface area contributed by atoms with E-state index in [4.69, 9.17) is 5.11 Å². The minimum absolute atomic E-state index is 0.203. The minimum atomic E-state index is -0.930. The molecule has 0 aliphatic rings. The van der Waals surface area contributed by atoms with Crippen molar-refractivity contribution in [2.75, 3.05) is 0 Å². The molecule has 0 saturated carbocycles. The van der Waals surface area contributed by atoms with Gasteiger partial charge in [0.1, 0.15) is 5.25 Å². The normalized spacial score (nSPS) is 14.2. The van der Waals surface area contributed by atoms with E-state index in [0.29, 0.717) is 5.03 Å². The average molecular weight is 277 g/mol. The number of aliphatic hydroxyl groups is 1. The van der Waals surface area contributed by atoms with Crippen LogP contribution in [0.5, 0.6) is 0 Å². The van der Waals surface area contributed by atoms with Gasteiger partial charge < -0.3 is 10.2 Å². The first-order valence-corrected chi connectivity index (χ1v) is 6.87. The lowest BCUT2D eigenvalue weighted by Crippen LogP contribution is -2.21. The van der Waals surface area contributed by atoms with Gasteiger partial charge in [-0.3, -0.25) is 4.79 Å². The van der Waals surface area contributed by atoms with Crippen LogP contribution in [0.4, 0.5) is 0 Å². The third-order valence-electron chi connectivity index (χ3n) is 2.67. The summed E-state index contributed by atoms with van der Waals surface area (Å²) in [6.45, 7) is 1.59. The van der Waals surface area contributed by atoms with Crippen molar-refractivity contribution in [3.05, 3.63) is 36.4 Å². The van der Waals surface area contributed by atoms with Gasteiger partial charge in [0.2, 0.25) is 0 Å². The fourth-order valence-electron chi connectivity index (χ4n) is 1.77. The number of hydrogen-bond donors (Lipinski definition) is 2. The Morgan fingerprint density at radius 1 is 1.32 bits per heavy atom. The van der Waals surface area contributed by atoms with Crippen LogP contribution in [-0.2, 0) is 4.79 Å². The van der Waals surface area contributed by atoms with Gasteiger partial charge in [0.15, 0.2) is 0 Å². The first kappa shape index (κ1) is 13.8. The Morgan fingerprint density at radius 2 is 2.05 bits per heavy atom. The Morgan fingerprint density at radius 3 is 2.74 bits per heavy atom. The van der Waals surface area contributed by atoms with Crippen molar-refractivity contribution in [1.82, 2.24) is 4.98 Å². The third-order valence-corrected chi connectivity index (χ3v) is 3.81. The monoisotopic (exact) mass is 277 g/mol. The number of thioether (sulfide) groups is 1. The van der Waals surface area contributed by atoms with E-state index < -0.39 is 17.3 Å².